The van der Waals surface area contributed by atoms with Crippen LogP contribution in [0.2, 0.25) is 0 Å². The molecule has 0 N–H and O–H groups in total. The molecule has 0 saturated heterocycles. The minimum absolute atomic E-state index is 0. The molecule has 0 aromatic heterocycles. The molecule has 0 aromatic rings. The number of allylic oxidation sites excluding steroid dienone is 9. The Bertz CT molecular complexity index is 829. The molecule has 2 fully saturated rings. The Kier molecular flexibility index (Phi) is 21.3. The first-order valence-corrected chi connectivity index (χ1v) is 11.4. The number of carbonyl (C=O) groups is 3. The fourth-order valence-electron chi connectivity index (χ4n) is 4.94. The third-order valence-electron chi connectivity index (χ3n) is 7.18. The van der Waals surface area contributed by atoms with Gasteiger partial charge in [0.2, 0.25) is 0 Å². The van der Waals surface area contributed by atoms with Crippen LogP contribution in [0.25, 0.3) is 0 Å². The van der Waals surface area contributed by atoms with Crippen LogP contribution in [0.1, 0.15) is 39.5 Å². The first-order chi connectivity index (χ1) is 15.4. The molecule has 0 aliphatic heterocycles. The first-order valence-electron chi connectivity index (χ1n) is 11.4. The second kappa shape index (κ2) is 18.8. The van der Waals surface area contributed by atoms with Crippen molar-refractivity contribution < 1.29 is 113 Å². The molecule has 6 atom stereocenters. The van der Waals surface area contributed by atoms with Crippen LogP contribution in [0, 0.1) is 76.0 Å². The molecular weight excluding hydrogens is 687 g/mol. The minimum atomic E-state index is -0.376. The number of fused-ring (bicyclic) bond motifs is 4. The Morgan fingerprint density at radius 2 is 1.03 bits per heavy atom. The molecule has 5 rings (SSSR count). The zero-order chi connectivity index (χ0) is 24.8. The Hall–Kier alpha value is 0.502. The predicted molar refractivity (Wildman–Crippen MR) is 142 cm³/mol. The Morgan fingerprint density at radius 3 is 1.14 bits per heavy atom. The Morgan fingerprint density at radius 1 is 0.703 bits per heavy atom. The molecule has 6 unspecified atom stereocenters. The zero-order valence-electron chi connectivity index (χ0n) is 21.4. The largest absolute Gasteiger partial charge is 0.407 e. The van der Waals surface area contributed by atoms with E-state index in [0.717, 1.165) is 32.1 Å². The van der Waals surface area contributed by atoms with Gasteiger partial charge >= 0.3 is 0 Å². The van der Waals surface area contributed by atoms with E-state index in [1.807, 2.05) is 0 Å². The molecule has 3 nitrogen and oxygen atoms in total. The summed E-state index contributed by atoms with van der Waals surface area (Å²) in [5.41, 5.74) is -0.492. The van der Waals surface area contributed by atoms with Gasteiger partial charge in [0.05, 0.1) is 0 Å². The summed E-state index contributed by atoms with van der Waals surface area (Å²) in [6.45, 7) is 24.4. The van der Waals surface area contributed by atoms with E-state index < -0.39 is 0 Å². The molecule has 0 amide bonds. The van der Waals surface area contributed by atoms with Gasteiger partial charge in [0.25, 0.3) is 0 Å². The third kappa shape index (κ3) is 11.5. The Balaban J connectivity index is -0.000000422. The standard InChI is InChI=1S/2C10H12O.C5H6O.C5H6.CH4.3Y/c2*1-7(11)10(2)6-8-3-4-9(10)5-8;1-4(2)5(3)6;1-2-4-5-3-1;;;;/h2*3-4,8-9H,1-2,5-6H2;1-3H2;1-4H,5H2;1H4;;;/q3*-2;;;;;. The second-order valence-electron chi connectivity index (χ2n) is 9.66. The second-order valence-corrected chi connectivity index (χ2v) is 9.66. The summed E-state index contributed by atoms with van der Waals surface area (Å²) < 4.78 is 0. The molecule has 0 aromatic carbocycles. The van der Waals surface area contributed by atoms with Crippen molar-refractivity contribution in [2.24, 2.45) is 34.5 Å². The van der Waals surface area contributed by atoms with Gasteiger partial charge in [-0.05, 0) is 54.5 Å². The van der Waals surface area contributed by atoms with Crippen LogP contribution in [-0.4, -0.2) is 17.3 Å². The molecular formula is C31H40O3Y3-6. The smallest absolute Gasteiger partial charge is 0 e. The van der Waals surface area contributed by atoms with Gasteiger partial charge in [-0.15, -0.1) is 10.8 Å². The number of hydrogen-bond acceptors (Lipinski definition) is 3. The maximum absolute atomic E-state index is 11.2. The summed E-state index contributed by atoms with van der Waals surface area (Å²) in [6.07, 6.45) is 22.2. The van der Waals surface area contributed by atoms with Crippen molar-refractivity contribution in [1.82, 2.24) is 0 Å². The summed E-state index contributed by atoms with van der Waals surface area (Å²) in [6, 6.07) is 0. The number of hydrogen-bond donors (Lipinski definition) is 0. The predicted octanol–water partition coefficient (Wildman–Crippen LogP) is 6.52. The van der Waals surface area contributed by atoms with Crippen molar-refractivity contribution in [3.63, 3.8) is 0 Å². The topological polar surface area (TPSA) is 51.2 Å². The number of carbonyl (C=O) groups excluding carboxylic acids is 3. The molecule has 4 bridgehead atoms. The molecule has 5 aliphatic carbocycles. The first kappa shape index (κ1) is 42.0. The van der Waals surface area contributed by atoms with E-state index in [9.17, 15) is 14.4 Å². The van der Waals surface area contributed by atoms with E-state index in [1.54, 1.807) is 0 Å². The molecule has 3 radical (unpaired) electrons. The molecule has 6 heteroatoms. The summed E-state index contributed by atoms with van der Waals surface area (Å²) in [4.78, 5) is 32.2. The fraction of sp³-hybridized carbons (Fsp3) is 0.387. The van der Waals surface area contributed by atoms with Gasteiger partial charge in [-0.3, -0.25) is 20.4 Å². The van der Waals surface area contributed by atoms with Crippen LogP contribution in [0.15, 0.2) is 60.8 Å². The van der Waals surface area contributed by atoms with Crippen molar-refractivity contribution in [2.75, 3.05) is 0 Å². The molecule has 2 saturated carbocycles. The van der Waals surface area contributed by atoms with Crippen LogP contribution >= 0.6 is 0 Å². The van der Waals surface area contributed by atoms with E-state index in [-0.39, 0.29) is 139 Å². The summed E-state index contributed by atoms with van der Waals surface area (Å²) in [5.74, 6) is 1.67. The third-order valence-corrected chi connectivity index (χ3v) is 7.18. The van der Waals surface area contributed by atoms with E-state index in [0.29, 0.717) is 23.7 Å². The minimum Gasteiger partial charge on any atom is -0.407 e. The van der Waals surface area contributed by atoms with E-state index in [4.69, 9.17) is 0 Å². The van der Waals surface area contributed by atoms with E-state index >= 15 is 0 Å². The zero-order valence-corrected chi connectivity index (χ0v) is 29.9. The maximum atomic E-state index is 11.2. The maximum Gasteiger partial charge on any atom is 0 e. The van der Waals surface area contributed by atoms with E-state index in [1.165, 1.54) is 0 Å². The average Bonchev–Trinajstić information content (AvgIpc) is 3.56. The van der Waals surface area contributed by atoms with Crippen molar-refractivity contribution >= 4 is 17.3 Å². The van der Waals surface area contributed by atoms with Gasteiger partial charge in [-0.25, -0.2) is 0 Å². The van der Waals surface area contributed by atoms with Gasteiger partial charge in [0.15, 0.2) is 0 Å². The van der Waals surface area contributed by atoms with Gasteiger partial charge in [-0.2, -0.15) is 0 Å². The van der Waals surface area contributed by atoms with Crippen LogP contribution in [0.5, 0.6) is 0 Å². The van der Waals surface area contributed by atoms with Crippen molar-refractivity contribution in [2.45, 2.75) is 39.5 Å². The molecule has 0 spiro atoms. The van der Waals surface area contributed by atoms with Gasteiger partial charge in [0.1, 0.15) is 0 Å². The molecule has 5 aliphatic rings. The summed E-state index contributed by atoms with van der Waals surface area (Å²) >= 11 is 0. The van der Waals surface area contributed by atoms with Crippen LogP contribution in [0.4, 0.5) is 0 Å². The van der Waals surface area contributed by atoms with Crippen LogP contribution in [-0.2, 0) is 113 Å². The van der Waals surface area contributed by atoms with E-state index in [2.05, 4.69) is 96.7 Å². The summed E-state index contributed by atoms with van der Waals surface area (Å²) in [7, 11) is 0. The SMILES string of the molecule is C.C1=CCC=C1.C=C([CH2-])C([CH2-])=O.[CH2-]C(=O)C1([CH2-])CC2C=CC1C2.[CH2-]C(=O)C1([CH2-])CC2C=CC1C2.[Y].[Y].[Y]. The molecule has 197 valence electrons. The van der Waals surface area contributed by atoms with Crippen molar-refractivity contribution in [1.29, 1.82) is 0 Å². The van der Waals surface area contributed by atoms with Gasteiger partial charge in [0, 0.05) is 98.1 Å². The van der Waals surface area contributed by atoms with Gasteiger partial charge < -0.3 is 47.7 Å². The van der Waals surface area contributed by atoms with Crippen LogP contribution in [0.3, 0.4) is 0 Å². The fourth-order valence-corrected chi connectivity index (χ4v) is 4.94. The number of ketones is 3. The van der Waals surface area contributed by atoms with Gasteiger partial charge in [-0.1, -0.05) is 74.7 Å². The monoisotopic (exact) mass is 727 g/mol. The molecule has 37 heavy (non-hydrogen) atoms. The number of Topliss-reactive ketones (excluding diaryl/α,β-unsaturated/α-hetero) is 3. The van der Waals surface area contributed by atoms with Crippen molar-refractivity contribution in [3.8, 4) is 0 Å². The van der Waals surface area contributed by atoms with Crippen molar-refractivity contribution in [3.05, 3.63) is 102 Å². The summed E-state index contributed by atoms with van der Waals surface area (Å²) in [5, 5.41) is 0. The molecule has 0 heterocycles. The quantitative estimate of drug-likeness (QED) is 0.189. The number of rotatable bonds is 3. The average molecular weight is 727 g/mol. The normalized spacial score (nSPS) is 31.3. The van der Waals surface area contributed by atoms with Crippen LogP contribution < -0.4 is 0 Å². The Labute approximate surface area is 302 Å².